The van der Waals surface area contributed by atoms with E-state index < -0.39 is 17.4 Å². The van der Waals surface area contributed by atoms with Crippen LogP contribution in [-0.2, 0) is 6.54 Å². The third kappa shape index (κ3) is 3.38. The summed E-state index contributed by atoms with van der Waals surface area (Å²) in [4.78, 5) is 1.10. The lowest BCUT2D eigenvalue weighted by Gasteiger charge is -2.08. The Morgan fingerprint density at radius 1 is 1.16 bits per heavy atom. The topological polar surface area (TPSA) is 32.3 Å². The number of anilines is 1. The molecule has 0 aliphatic heterocycles. The van der Waals surface area contributed by atoms with E-state index in [1.165, 1.54) is 0 Å². The molecule has 0 radical (unpaired) electrons. The lowest BCUT2D eigenvalue weighted by molar-refractivity contribution is 0.395. The number of phenolic OH excluding ortho intramolecular Hbond substituents is 1. The Labute approximate surface area is 114 Å². The number of hydrogen-bond donors (Lipinski definition) is 2. The van der Waals surface area contributed by atoms with Gasteiger partial charge in [0.25, 0.3) is 0 Å². The molecule has 0 heterocycles. The molecule has 5 heteroatoms. The zero-order valence-electron chi connectivity index (χ0n) is 10.3. The van der Waals surface area contributed by atoms with Crippen molar-refractivity contribution in [2.45, 2.75) is 11.4 Å². The van der Waals surface area contributed by atoms with E-state index >= 15 is 0 Å². The zero-order valence-corrected chi connectivity index (χ0v) is 11.1. The highest BCUT2D eigenvalue weighted by Crippen LogP contribution is 2.23. The molecule has 0 atom stereocenters. The van der Waals surface area contributed by atoms with Gasteiger partial charge in [-0.05, 0) is 42.2 Å². The molecule has 0 amide bonds. The van der Waals surface area contributed by atoms with Gasteiger partial charge in [-0.2, -0.15) is 0 Å². The number of rotatable bonds is 4. The van der Waals surface area contributed by atoms with Crippen LogP contribution in [0.15, 0.2) is 41.3 Å². The van der Waals surface area contributed by atoms with E-state index in [0.29, 0.717) is 5.56 Å². The fourth-order valence-corrected chi connectivity index (χ4v) is 2.12. The first-order chi connectivity index (χ1) is 9.10. The van der Waals surface area contributed by atoms with Crippen molar-refractivity contribution in [3.63, 3.8) is 0 Å². The van der Waals surface area contributed by atoms with E-state index in [9.17, 15) is 8.78 Å². The van der Waals surface area contributed by atoms with Crippen molar-refractivity contribution in [2.24, 2.45) is 0 Å². The van der Waals surface area contributed by atoms with Gasteiger partial charge in [-0.15, -0.1) is 11.8 Å². The van der Waals surface area contributed by atoms with Crippen LogP contribution >= 0.6 is 11.8 Å². The van der Waals surface area contributed by atoms with E-state index in [-0.39, 0.29) is 6.54 Å². The first-order valence-corrected chi connectivity index (χ1v) is 6.87. The first kappa shape index (κ1) is 13.7. The van der Waals surface area contributed by atoms with E-state index in [4.69, 9.17) is 5.11 Å². The summed E-state index contributed by atoms with van der Waals surface area (Å²) in [6, 6.07) is 9.96. The highest BCUT2D eigenvalue weighted by atomic mass is 32.2. The van der Waals surface area contributed by atoms with Gasteiger partial charge in [0.05, 0.1) is 0 Å². The van der Waals surface area contributed by atoms with Gasteiger partial charge in [0.2, 0.25) is 0 Å². The molecule has 19 heavy (non-hydrogen) atoms. The van der Waals surface area contributed by atoms with Crippen LogP contribution < -0.4 is 5.32 Å². The van der Waals surface area contributed by atoms with Crippen molar-refractivity contribution in [3.8, 4) is 5.75 Å². The molecular weight excluding hydrogens is 268 g/mol. The molecule has 2 nitrogen and oxygen atoms in total. The van der Waals surface area contributed by atoms with E-state index in [1.807, 2.05) is 30.5 Å². The van der Waals surface area contributed by atoms with E-state index in [1.54, 1.807) is 11.8 Å². The SMILES string of the molecule is CSc1cccc(NCc2cc(F)c(O)c(F)c2)c1. The minimum Gasteiger partial charge on any atom is -0.503 e. The Morgan fingerprint density at radius 2 is 1.84 bits per heavy atom. The fourth-order valence-electron chi connectivity index (χ4n) is 1.66. The molecule has 0 fully saturated rings. The van der Waals surface area contributed by atoms with E-state index in [2.05, 4.69) is 5.32 Å². The summed E-state index contributed by atoms with van der Waals surface area (Å²) in [5.74, 6) is -2.84. The Kier molecular flexibility index (Phi) is 4.27. The fraction of sp³-hybridized carbons (Fsp3) is 0.143. The van der Waals surface area contributed by atoms with Gasteiger partial charge >= 0.3 is 0 Å². The van der Waals surface area contributed by atoms with Gasteiger partial charge in [-0.1, -0.05) is 6.07 Å². The van der Waals surface area contributed by atoms with Crippen LogP contribution in [0.3, 0.4) is 0 Å². The molecule has 100 valence electrons. The molecule has 0 bridgehead atoms. The molecule has 2 rings (SSSR count). The van der Waals surface area contributed by atoms with Gasteiger partial charge < -0.3 is 10.4 Å². The molecule has 0 spiro atoms. The second kappa shape index (κ2) is 5.93. The monoisotopic (exact) mass is 281 g/mol. The van der Waals surface area contributed by atoms with Crippen LogP contribution in [-0.4, -0.2) is 11.4 Å². The van der Waals surface area contributed by atoms with Crippen LogP contribution in [0.2, 0.25) is 0 Å². The average Bonchev–Trinajstić information content (AvgIpc) is 2.42. The van der Waals surface area contributed by atoms with Crippen molar-refractivity contribution in [3.05, 3.63) is 53.6 Å². The molecule has 0 aromatic heterocycles. The number of halogens is 2. The maximum absolute atomic E-state index is 13.2. The number of nitrogens with one attached hydrogen (secondary N) is 1. The number of phenols is 1. The summed E-state index contributed by atoms with van der Waals surface area (Å²) in [6.07, 6.45) is 1.98. The first-order valence-electron chi connectivity index (χ1n) is 5.65. The normalized spacial score (nSPS) is 10.5. The number of aromatic hydroxyl groups is 1. The number of hydrogen-bond acceptors (Lipinski definition) is 3. The zero-order chi connectivity index (χ0) is 13.8. The van der Waals surface area contributed by atoms with Crippen LogP contribution in [0.1, 0.15) is 5.56 Å². The smallest absolute Gasteiger partial charge is 0.187 e. The summed E-state index contributed by atoms with van der Waals surface area (Å²) >= 11 is 1.62. The number of thioether (sulfide) groups is 1. The minimum absolute atomic E-state index is 0.284. The van der Waals surface area contributed by atoms with Crippen LogP contribution in [0.4, 0.5) is 14.5 Å². The van der Waals surface area contributed by atoms with Crippen molar-refractivity contribution >= 4 is 17.4 Å². The van der Waals surface area contributed by atoms with E-state index in [0.717, 1.165) is 22.7 Å². The molecule has 0 saturated carbocycles. The average molecular weight is 281 g/mol. The Balaban J connectivity index is 2.10. The van der Waals surface area contributed by atoms with Crippen molar-refractivity contribution in [1.82, 2.24) is 0 Å². The lowest BCUT2D eigenvalue weighted by atomic mass is 10.2. The molecule has 0 unspecified atom stereocenters. The quantitative estimate of drug-likeness (QED) is 0.831. The summed E-state index contributed by atoms with van der Waals surface area (Å²) in [7, 11) is 0. The predicted octanol–water partition coefficient (Wildman–Crippen LogP) is 4.00. The molecule has 2 aromatic carbocycles. The summed E-state index contributed by atoms with van der Waals surface area (Å²) in [5, 5.41) is 12.1. The predicted molar refractivity (Wildman–Crippen MR) is 73.6 cm³/mol. The maximum Gasteiger partial charge on any atom is 0.187 e. The Morgan fingerprint density at radius 3 is 2.47 bits per heavy atom. The number of benzene rings is 2. The van der Waals surface area contributed by atoms with Crippen molar-refractivity contribution in [2.75, 3.05) is 11.6 Å². The van der Waals surface area contributed by atoms with Crippen molar-refractivity contribution in [1.29, 1.82) is 0 Å². The molecule has 0 aliphatic rings. The van der Waals surface area contributed by atoms with Crippen LogP contribution in [0, 0.1) is 11.6 Å². The summed E-state index contributed by atoms with van der Waals surface area (Å²) in [6.45, 7) is 0.284. The standard InChI is InChI=1S/C14H13F2NOS/c1-19-11-4-2-3-10(7-11)17-8-9-5-12(15)14(18)13(16)6-9/h2-7,17-18H,8H2,1H3. The minimum atomic E-state index is -0.949. The largest absolute Gasteiger partial charge is 0.503 e. The second-order valence-electron chi connectivity index (χ2n) is 3.99. The summed E-state index contributed by atoms with van der Waals surface area (Å²) < 4.78 is 26.3. The van der Waals surface area contributed by atoms with Gasteiger partial charge in [-0.25, -0.2) is 8.78 Å². The van der Waals surface area contributed by atoms with Gasteiger partial charge in [0.15, 0.2) is 17.4 Å². The second-order valence-corrected chi connectivity index (χ2v) is 4.87. The molecule has 2 N–H and O–H groups in total. The van der Waals surface area contributed by atoms with Gasteiger partial charge in [0.1, 0.15) is 0 Å². The van der Waals surface area contributed by atoms with Crippen LogP contribution in [0.5, 0.6) is 5.75 Å². The highest BCUT2D eigenvalue weighted by Gasteiger charge is 2.09. The third-order valence-electron chi connectivity index (χ3n) is 2.64. The highest BCUT2D eigenvalue weighted by molar-refractivity contribution is 7.98. The lowest BCUT2D eigenvalue weighted by Crippen LogP contribution is -2.00. The molecular formula is C14H13F2NOS. The Hall–Kier alpha value is -1.75. The molecule has 0 saturated heterocycles. The summed E-state index contributed by atoms with van der Waals surface area (Å²) in [5.41, 5.74) is 1.31. The molecule has 0 aliphatic carbocycles. The van der Waals surface area contributed by atoms with Gasteiger partial charge in [0, 0.05) is 17.1 Å². The van der Waals surface area contributed by atoms with Crippen LogP contribution in [0.25, 0.3) is 0 Å². The molecule has 2 aromatic rings. The van der Waals surface area contributed by atoms with Gasteiger partial charge in [-0.3, -0.25) is 0 Å². The Bertz CT molecular complexity index is 566. The van der Waals surface area contributed by atoms with Crippen molar-refractivity contribution < 1.29 is 13.9 Å². The third-order valence-corrected chi connectivity index (χ3v) is 3.37. The maximum atomic E-state index is 13.2.